The Morgan fingerprint density at radius 2 is 1.80 bits per heavy atom. The molecule has 0 saturated heterocycles. The van der Waals surface area contributed by atoms with E-state index < -0.39 is 0 Å². The molecule has 2 aliphatic rings. The Kier molecular flexibility index (Phi) is 3.72. The van der Waals surface area contributed by atoms with Crippen LogP contribution in [0.5, 0.6) is 0 Å². The van der Waals surface area contributed by atoms with E-state index >= 15 is 0 Å². The highest BCUT2D eigenvalue weighted by Gasteiger charge is 2.24. The van der Waals surface area contributed by atoms with Gasteiger partial charge in [-0.05, 0) is 43.9 Å². The van der Waals surface area contributed by atoms with Crippen molar-refractivity contribution in [3.05, 3.63) is 29.8 Å². The van der Waals surface area contributed by atoms with Crippen LogP contribution in [0.15, 0.2) is 24.3 Å². The van der Waals surface area contributed by atoms with Gasteiger partial charge in [0.15, 0.2) is 0 Å². The molecular weight excluding hydrogens is 252 g/mol. The number of rotatable bonds is 4. The average molecular weight is 272 g/mol. The van der Waals surface area contributed by atoms with Crippen LogP contribution in [0.3, 0.4) is 0 Å². The summed E-state index contributed by atoms with van der Waals surface area (Å²) in [5.74, 6) is 0.172. The van der Waals surface area contributed by atoms with Gasteiger partial charge in [-0.2, -0.15) is 0 Å². The van der Waals surface area contributed by atoms with Crippen LogP contribution in [0.4, 0.5) is 5.69 Å². The number of carbonyl (C=O) groups excluding carboxylic acids is 2. The molecule has 0 heterocycles. The van der Waals surface area contributed by atoms with E-state index in [0.717, 1.165) is 38.5 Å². The lowest BCUT2D eigenvalue weighted by molar-refractivity contribution is -0.119. The van der Waals surface area contributed by atoms with Crippen molar-refractivity contribution in [3.63, 3.8) is 0 Å². The Morgan fingerprint density at radius 3 is 2.50 bits per heavy atom. The molecule has 0 bridgehead atoms. The summed E-state index contributed by atoms with van der Waals surface area (Å²) in [6.45, 7) is 0. The molecular formula is C16H20N2O2. The summed E-state index contributed by atoms with van der Waals surface area (Å²) in [5, 5.41) is 5.88. The van der Waals surface area contributed by atoms with Gasteiger partial charge in [-0.1, -0.05) is 18.9 Å². The van der Waals surface area contributed by atoms with E-state index in [1.54, 1.807) is 12.1 Å². The predicted octanol–water partition coefficient (Wildman–Crippen LogP) is 2.71. The largest absolute Gasteiger partial charge is 0.349 e. The Labute approximate surface area is 118 Å². The molecule has 20 heavy (non-hydrogen) atoms. The van der Waals surface area contributed by atoms with E-state index in [2.05, 4.69) is 10.6 Å². The summed E-state index contributed by atoms with van der Waals surface area (Å²) < 4.78 is 0. The molecule has 2 fully saturated rings. The van der Waals surface area contributed by atoms with Gasteiger partial charge in [0.25, 0.3) is 5.91 Å². The highest BCUT2D eigenvalue weighted by Crippen LogP contribution is 2.26. The maximum Gasteiger partial charge on any atom is 0.251 e. The smallest absolute Gasteiger partial charge is 0.251 e. The molecule has 0 aliphatic heterocycles. The van der Waals surface area contributed by atoms with Gasteiger partial charge in [0.1, 0.15) is 0 Å². The number of amides is 2. The van der Waals surface area contributed by atoms with Gasteiger partial charge >= 0.3 is 0 Å². The van der Waals surface area contributed by atoms with Crippen molar-refractivity contribution < 1.29 is 9.59 Å². The zero-order valence-corrected chi connectivity index (χ0v) is 11.5. The third-order valence-corrected chi connectivity index (χ3v) is 4.03. The quantitative estimate of drug-likeness (QED) is 0.885. The van der Waals surface area contributed by atoms with E-state index in [9.17, 15) is 9.59 Å². The van der Waals surface area contributed by atoms with E-state index in [0.29, 0.717) is 17.3 Å². The minimum atomic E-state index is -0.0514. The van der Waals surface area contributed by atoms with Gasteiger partial charge < -0.3 is 10.6 Å². The molecule has 0 spiro atoms. The van der Waals surface area contributed by atoms with E-state index in [-0.39, 0.29) is 17.7 Å². The molecule has 0 radical (unpaired) electrons. The second-order valence-electron chi connectivity index (χ2n) is 5.80. The fraction of sp³-hybridized carbons (Fsp3) is 0.500. The van der Waals surface area contributed by atoms with Crippen LogP contribution < -0.4 is 10.6 Å². The molecule has 1 aromatic rings. The van der Waals surface area contributed by atoms with Crippen molar-refractivity contribution in [2.24, 2.45) is 5.92 Å². The SMILES string of the molecule is O=C(NC1CC1)c1cccc(NC(=O)C2CCCC2)c1. The van der Waals surface area contributed by atoms with Crippen LogP contribution in [-0.4, -0.2) is 17.9 Å². The molecule has 4 heteroatoms. The molecule has 4 nitrogen and oxygen atoms in total. The minimum Gasteiger partial charge on any atom is -0.349 e. The first-order valence-corrected chi connectivity index (χ1v) is 7.44. The highest BCUT2D eigenvalue weighted by atomic mass is 16.2. The molecule has 0 aromatic heterocycles. The molecule has 2 amide bonds. The molecule has 0 atom stereocenters. The number of benzene rings is 1. The van der Waals surface area contributed by atoms with E-state index in [1.807, 2.05) is 12.1 Å². The average Bonchev–Trinajstić information content (AvgIpc) is 3.08. The summed E-state index contributed by atoms with van der Waals surface area (Å²) in [5.41, 5.74) is 1.33. The Morgan fingerprint density at radius 1 is 1.05 bits per heavy atom. The Balaban J connectivity index is 1.63. The molecule has 1 aromatic carbocycles. The second kappa shape index (κ2) is 5.65. The van der Waals surface area contributed by atoms with Crippen molar-refractivity contribution in [2.75, 3.05) is 5.32 Å². The standard InChI is InChI=1S/C16H20N2O2/c19-15(11-4-1-2-5-11)18-14-7-3-6-12(10-14)16(20)17-13-8-9-13/h3,6-7,10-11,13H,1-2,4-5,8-9H2,(H,17,20)(H,18,19). The maximum atomic E-state index is 12.1. The summed E-state index contributed by atoms with van der Waals surface area (Å²) in [4.78, 5) is 24.0. The fourth-order valence-electron chi connectivity index (χ4n) is 2.67. The number of nitrogens with one attached hydrogen (secondary N) is 2. The monoisotopic (exact) mass is 272 g/mol. The van der Waals surface area contributed by atoms with E-state index in [1.165, 1.54) is 0 Å². The van der Waals surface area contributed by atoms with Gasteiger partial charge in [-0.15, -0.1) is 0 Å². The van der Waals surface area contributed by atoms with Gasteiger partial charge in [-0.25, -0.2) is 0 Å². The lowest BCUT2D eigenvalue weighted by Crippen LogP contribution is -2.25. The molecule has 2 saturated carbocycles. The van der Waals surface area contributed by atoms with Gasteiger partial charge in [0.05, 0.1) is 0 Å². The van der Waals surface area contributed by atoms with Gasteiger partial charge in [0.2, 0.25) is 5.91 Å². The maximum absolute atomic E-state index is 12.1. The van der Waals surface area contributed by atoms with Crippen molar-refractivity contribution in [1.82, 2.24) is 5.32 Å². The number of hydrogen-bond donors (Lipinski definition) is 2. The molecule has 106 valence electrons. The Hall–Kier alpha value is -1.84. The lowest BCUT2D eigenvalue weighted by atomic mass is 10.1. The number of anilines is 1. The highest BCUT2D eigenvalue weighted by molar-refractivity contribution is 5.97. The van der Waals surface area contributed by atoms with Gasteiger partial charge in [-0.3, -0.25) is 9.59 Å². The normalized spacial score (nSPS) is 18.8. The second-order valence-corrected chi connectivity index (χ2v) is 5.80. The van der Waals surface area contributed by atoms with Crippen molar-refractivity contribution in [1.29, 1.82) is 0 Å². The molecule has 3 rings (SSSR count). The zero-order valence-electron chi connectivity index (χ0n) is 11.5. The first kappa shape index (κ1) is 13.2. The summed E-state index contributed by atoms with van der Waals surface area (Å²) in [6, 6.07) is 7.53. The topological polar surface area (TPSA) is 58.2 Å². The number of hydrogen-bond acceptors (Lipinski definition) is 2. The third-order valence-electron chi connectivity index (χ3n) is 4.03. The van der Waals surface area contributed by atoms with Crippen LogP contribution in [-0.2, 0) is 4.79 Å². The van der Waals surface area contributed by atoms with Crippen molar-refractivity contribution in [3.8, 4) is 0 Å². The molecule has 2 aliphatic carbocycles. The van der Waals surface area contributed by atoms with Crippen LogP contribution in [0, 0.1) is 5.92 Å². The van der Waals surface area contributed by atoms with Crippen LogP contribution in [0.25, 0.3) is 0 Å². The predicted molar refractivity (Wildman–Crippen MR) is 77.5 cm³/mol. The van der Waals surface area contributed by atoms with Crippen molar-refractivity contribution >= 4 is 17.5 Å². The molecule has 2 N–H and O–H groups in total. The zero-order chi connectivity index (χ0) is 13.9. The third kappa shape index (κ3) is 3.18. The van der Waals surface area contributed by atoms with Crippen LogP contribution >= 0.6 is 0 Å². The van der Waals surface area contributed by atoms with Crippen LogP contribution in [0.1, 0.15) is 48.9 Å². The summed E-state index contributed by atoms with van der Waals surface area (Å²) in [6.07, 6.45) is 6.39. The summed E-state index contributed by atoms with van der Waals surface area (Å²) >= 11 is 0. The lowest BCUT2D eigenvalue weighted by Gasteiger charge is -2.11. The van der Waals surface area contributed by atoms with Gasteiger partial charge in [0, 0.05) is 23.2 Å². The first-order valence-electron chi connectivity index (χ1n) is 7.44. The number of carbonyl (C=O) groups is 2. The minimum absolute atomic E-state index is 0.0514. The van der Waals surface area contributed by atoms with Crippen LogP contribution in [0.2, 0.25) is 0 Å². The summed E-state index contributed by atoms with van der Waals surface area (Å²) in [7, 11) is 0. The molecule has 0 unspecified atom stereocenters. The van der Waals surface area contributed by atoms with E-state index in [4.69, 9.17) is 0 Å². The fourth-order valence-corrected chi connectivity index (χ4v) is 2.67. The van der Waals surface area contributed by atoms with Crippen molar-refractivity contribution in [2.45, 2.75) is 44.6 Å². The first-order chi connectivity index (χ1) is 9.72. The Bertz CT molecular complexity index is 517.